The molecule has 0 aromatic carbocycles. The van der Waals surface area contributed by atoms with Gasteiger partial charge < -0.3 is 10.3 Å². The van der Waals surface area contributed by atoms with E-state index >= 15 is 0 Å². The van der Waals surface area contributed by atoms with Crippen molar-refractivity contribution >= 4 is 0 Å². The van der Waals surface area contributed by atoms with Crippen LogP contribution in [0.15, 0.2) is 12.5 Å². The fourth-order valence-electron chi connectivity index (χ4n) is 2.97. The van der Waals surface area contributed by atoms with Crippen LogP contribution in [-0.4, -0.2) is 34.1 Å². The van der Waals surface area contributed by atoms with Crippen LogP contribution in [0, 0.1) is 11.8 Å². The molecule has 102 valence electrons. The van der Waals surface area contributed by atoms with Gasteiger partial charge in [-0.3, -0.25) is 4.90 Å². The zero-order valence-electron chi connectivity index (χ0n) is 11.8. The van der Waals surface area contributed by atoms with Crippen molar-refractivity contribution in [1.29, 1.82) is 0 Å². The number of hydrogen-bond acceptors (Lipinski definition) is 3. The number of nitrogens with two attached hydrogens (primary N) is 1. The lowest BCUT2D eigenvalue weighted by molar-refractivity contribution is 0.224. The molecule has 0 aliphatic carbocycles. The van der Waals surface area contributed by atoms with E-state index in [0.29, 0.717) is 12.6 Å². The minimum Gasteiger partial charge on any atom is -0.333 e. The molecule has 1 aliphatic rings. The Labute approximate surface area is 110 Å². The molecular weight excluding hydrogens is 224 g/mol. The molecule has 1 saturated heterocycles. The Morgan fingerprint density at radius 2 is 2.28 bits per heavy atom. The second-order valence-corrected chi connectivity index (χ2v) is 5.64. The predicted molar refractivity (Wildman–Crippen MR) is 74.2 cm³/mol. The third-order valence-electron chi connectivity index (χ3n) is 4.29. The molecule has 2 heterocycles. The van der Waals surface area contributed by atoms with Crippen LogP contribution >= 0.6 is 0 Å². The highest BCUT2D eigenvalue weighted by atomic mass is 15.2. The highest BCUT2D eigenvalue weighted by Crippen LogP contribution is 2.30. The molecule has 4 nitrogen and oxygen atoms in total. The summed E-state index contributed by atoms with van der Waals surface area (Å²) in [5.41, 5.74) is 7.27. The first-order valence-electron chi connectivity index (χ1n) is 7.11. The van der Waals surface area contributed by atoms with E-state index in [0.717, 1.165) is 18.4 Å². The van der Waals surface area contributed by atoms with Crippen molar-refractivity contribution in [3.05, 3.63) is 18.2 Å². The molecule has 0 bridgehead atoms. The lowest BCUT2D eigenvalue weighted by atomic mass is 9.95. The SMILES string of the molecule is CCn1cncc1C(CN)N1CCC(C(C)C)C1. The van der Waals surface area contributed by atoms with Crippen molar-refractivity contribution in [2.75, 3.05) is 19.6 Å². The summed E-state index contributed by atoms with van der Waals surface area (Å²) in [4.78, 5) is 6.80. The van der Waals surface area contributed by atoms with Gasteiger partial charge in [0.2, 0.25) is 0 Å². The van der Waals surface area contributed by atoms with Crippen LogP contribution in [0.25, 0.3) is 0 Å². The zero-order chi connectivity index (χ0) is 13.1. The average molecular weight is 250 g/mol. The number of imidazole rings is 1. The van der Waals surface area contributed by atoms with Crippen molar-refractivity contribution in [2.24, 2.45) is 17.6 Å². The predicted octanol–water partition coefficient (Wildman–Crippen LogP) is 1.88. The summed E-state index contributed by atoms with van der Waals surface area (Å²) in [5.74, 6) is 1.58. The third-order valence-corrected chi connectivity index (χ3v) is 4.29. The number of hydrogen-bond donors (Lipinski definition) is 1. The standard InChI is InChI=1S/C14H26N4/c1-4-17-10-16-8-14(17)13(7-15)18-6-5-12(9-18)11(2)3/h8,10-13H,4-7,9,15H2,1-3H3. The van der Waals surface area contributed by atoms with Gasteiger partial charge in [0.15, 0.2) is 0 Å². The minimum absolute atomic E-state index is 0.330. The van der Waals surface area contributed by atoms with Gasteiger partial charge in [-0.25, -0.2) is 4.98 Å². The van der Waals surface area contributed by atoms with Crippen molar-refractivity contribution in [1.82, 2.24) is 14.5 Å². The summed E-state index contributed by atoms with van der Waals surface area (Å²) in [7, 11) is 0. The molecule has 2 rings (SSSR count). The lowest BCUT2D eigenvalue weighted by Crippen LogP contribution is -2.33. The molecule has 2 unspecified atom stereocenters. The molecule has 2 atom stereocenters. The van der Waals surface area contributed by atoms with Gasteiger partial charge in [-0.2, -0.15) is 0 Å². The van der Waals surface area contributed by atoms with Crippen LogP contribution in [0.1, 0.15) is 38.9 Å². The first-order valence-corrected chi connectivity index (χ1v) is 7.11. The molecule has 1 aliphatic heterocycles. The largest absolute Gasteiger partial charge is 0.333 e. The van der Waals surface area contributed by atoms with Crippen molar-refractivity contribution < 1.29 is 0 Å². The molecule has 0 spiro atoms. The summed E-state index contributed by atoms with van der Waals surface area (Å²) >= 11 is 0. The number of aryl methyl sites for hydroxylation is 1. The van der Waals surface area contributed by atoms with Crippen molar-refractivity contribution in [2.45, 2.75) is 39.8 Å². The number of rotatable bonds is 5. The lowest BCUT2D eigenvalue weighted by Gasteiger charge is -2.27. The van der Waals surface area contributed by atoms with Crippen LogP contribution in [0.3, 0.4) is 0 Å². The Kier molecular flexibility index (Phi) is 4.40. The molecule has 4 heteroatoms. The first-order chi connectivity index (χ1) is 8.67. The van der Waals surface area contributed by atoms with Gasteiger partial charge in [0.05, 0.1) is 18.1 Å². The average Bonchev–Trinajstić information content (AvgIpc) is 2.98. The van der Waals surface area contributed by atoms with Gasteiger partial charge in [0, 0.05) is 25.8 Å². The monoisotopic (exact) mass is 250 g/mol. The molecule has 0 amide bonds. The fourth-order valence-corrected chi connectivity index (χ4v) is 2.97. The normalized spacial score (nSPS) is 22.8. The second-order valence-electron chi connectivity index (χ2n) is 5.64. The maximum atomic E-state index is 6.01. The van der Waals surface area contributed by atoms with Gasteiger partial charge in [0.1, 0.15) is 0 Å². The van der Waals surface area contributed by atoms with E-state index in [1.807, 2.05) is 12.5 Å². The topological polar surface area (TPSA) is 47.1 Å². The van der Waals surface area contributed by atoms with Crippen LogP contribution in [0.2, 0.25) is 0 Å². The Balaban J connectivity index is 2.10. The zero-order valence-corrected chi connectivity index (χ0v) is 11.8. The minimum atomic E-state index is 0.330. The first kappa shape index (κ1) is 13.6. The summed E-state index contributed by atoms with van der Waals surface area (Å²) in [6.45, 7) is 10.8. The van der Waals surface area contributed by atoms with E-state index < -0.39 is 0 Å². The maximum Gasteiger partial charge on any atom is 0.0948 e. The van der Waals surface area contributed by atoms with E-state index in [2.05, 4.69) is 35.2 Å². The highest BCUT2D eigenvalue weighted by Gasteiger charge is 2.31. The molecule has 1 aromatic heterocycles. The van der Waals surface area contributed by atoms with Crippen molar-refractivity contribution in [3.63, 3.8) is 0 Å². The molecule has 0 saturated carbocycles. The highest BCUT2D eigenvalue weighted by molar-refractivity contribution is 5.07. The van der Waals surface area contributed by atoms with Crippen LogP contribution in [0.5, 0.6) is 0 Å². The maximum absolute atomic E-state index is 6.01. The molecule has 1 aromatic rings. The molecule has 0 radical (unpaired) electrons. The quantitative estimate of drug-likeness (QED) is 0.868. The Hall–Kier alpha value is -0.870. The van der Waals surface area contributed by atoms with E-state index in [9.17, 15) is 0 Å². The van der Waals surface area contributed by atoms with Crippen LogP contribution in [-0.2, 0) is 6.54 Å². The molecule has 1 fully saturated rings. The van der Waals surface area contributed by atoms with Gasteiger partial charge in [0.25, 0.3) is 0 Å². The summed E-state index contributed by atoms with van der Waals surface area (Å²) in [6.07, 6.45) is 5.19. The Morgan fingerprint density at radius 1 is 1.50 bits per heavy atom. The number of aromatic nitrogens is 2. The van der Waals surface area contributed by atoms with Crippen LogP contribution < -0.4 is 5.73 Å². The molecular formula is C14H26N4. The summed E-state index contributed by atoms with van der Waals surface area (Å²) in [6, 6.07) is 0.330. The fraction of sp³-hybridized carbons (Fsp3) is 0.786. The smallest absolute Gasteiger partial charge is 0.0948 e. The van der Waals surface area contributed by atoms with E-state index in [4.69, 9.17) is 5.73 Å². The Morgan fingerprint density at radius 3 is 2.83 bits per heavy atom. The van der Waals surface area contributed by atoms with Crippen LogP contribution in [0.4, 0.5) is 0 Å². The van der Waals surface area contributed by atoms with E-state index in [-0.39, 0.29) is 0 Å². The van der Waals surface area contributed by atoms with Gasteiger partial charge >= 0.3 is 0 Å². The van der Waals surface area contributed by atoms with Gasteiger partial charge in [-0.15, -0.1) is 0 Å². The summed E-state index contributed by atoms with van der Waals surface area (Å²) in [5, 5.41) is 0. The van der Waals surface area contributed by atoms with Gasteiger partial charge in [-0.1, -0.05) is 13.8 Å². The Bertz CT molecular complexity index is 372. The third kappa shape index (κ3) is 2.59. The van der Waals surface area contributed by atoms with Gasteiger partial charge in [-0.05, 0) is 31.7 Å². The van der Waals surface area contributed by atoms with E-state index in [1.54, 1.807) is 0 Å². The molecule has 2 N–H and O–H groups in total. The van der Waals surface area contributed by atoms with E-state index in [1.165, 1.54) is 25.2 Å². The second kappa shape index (κ2) is 5.85. The number of likely N-dealkylation sites (tertiary alicyclic amines) is 1. The summed E-state index contributed by atoms with van der Waals surface area (Å²) < 4.78 is 2.21. The number of nitrogens with zero attached hydrogens (tertiary/aromatic N) is 3. The molecule has 18 heavy (non-hydrogen) atoms. The van der Waals surface area contributed by atoms with Crippen molar-refractivity contribution in [3.8, 4) is 0 Å².